The second-order valence-corrected chi connectivity index (χ2v) is 8.84. The van der Waals surface area contributed by atoms with Crippen molar-refractivity contribution in [2.24, 2.45) is 4.99 Å². The highest BCUT2D eigenvalue weighted by atomic mass is 35.5. The summed E-state index contributed by atoms with van der Waals surface area (Å²) in [5.74, 6) is -0.487. The first-order chi connectivity index (χ1) is 14.3. The van der Waals surface area contributed by atoms with Gasteiger partial charge in [-0.3, -0.25) is 10.1 Å². The molecular weight excluding hydrogens is 426 g/mol. The minimum Gasteiger partial charge on any atom is -0.477 e. The van der Waals surface area contributed by atoms with E-state index in [4.69, 9.17) is 11.6 Å². The van der Waals surface area contributed by atoms with E-state index >= 15 is 0 Å². The normalized spacial score (nSPS) is 18.2. The first kappa shape index (κ1) is 20.7. The largest absolute Gasteiger partial charge is 0.477 e. The van der Waals surface area contributed by atoms with Crippen molar-refractivity contribution >= 4 is 62.5 Å². The summed E-state index contributed by atoms with van der Waals surface area (Å²) < 4.78 is 0. The zero-order valence-corrected chi connectivity index (χ0v) is 18.5. The maximum atomic E-state index is 12.7. The van der Waals surface area contributed by atoms with Crippen molar-refractivity contribution in [1.82, 2.24) is 9.97 Å². The van der Waals surface area contributed by atoms with Crippen molar-refractivity contribution in [3.8, 4) is 0 Å². The van der Waals surface area contributed by atoms with E-state index in [0.29, 0.717) is 34.5 Å². The maximum Gasteiger partial charge on any atom is 0.346 e. The van der Waals surface area contributed by atoms with E-state index in [9.17, 15) is 14.7 Å². The molecule has 2 N–H and O–H groups in total. The summed E-state index contributed by atoms with van der Waals surface area (Å²) in [4.78, 5) is 40.7. The first-order valence-electron chi connectivity index (χ1n) is 9.93. The van der Waals surface area contributed by atoms with E-state index in [0.717, 1.165) is 47.2 Å². The lowest BCUT2D eigenvalue weighted by Gasteiger charge is -2.32. The molecule has 0 fully saturated rings. The molecule has 0 radical (unpaired) electrons. The predicted molar refractivity (Wildman–Crippen MR) is 119 cm³/mol. The van der Waals surface area contributed by atoms with Gasteiger partial charge >= 0.3 is 5.97 Å². The third-order valence-corrected chi connectivity index (χ3v) is 6.80. The molecule has 4 rings (SSSR count). The van der Waals surface area contributed by atoms with Gasteiger partial charge in [-0.1, -0.05) is 32.4 Å². The number of hydrogen-bond acceptors (Lipinski definition) is 7. The number of thiophene rings is 1. The number of allylic oxidation sites excluding steroid dienone is 1. The highest BCUT2D eigenvalue weighted by Gasteiger charge is 2.33. The third-order valence-electron chi connectivity index (χ3n) is 5.36. The lowest BCUT2D eigenvalue weighted by atomic mass is 9.94. The number of aromatic nitrogens is 2. The Balaban J connectivity index is 1.74. The van der Waals surface area contributed by atoms with Crippen LogP contribution >= 0.6 is 22.9 Å². The Bertz CT molecular complexity index is 1120. The molecule has 2 aromatic rings. The Hall–Kier alpha value is -2.52. The minimum absolute atomic E-state index is 0.0569. The van der Waals surface area contributed by atoms with Crippen molar-refractivity contribution in [3.63, 3.8) is 0 Å². The number of nitrogens with zero attached hydrogens (tertiary/aromatic N) is 4. The van der Waals surface area contributed by atoms with Crippen LogP contribution in [0.1, 0.15) is 61.2 Å². The Morgan fingerprint density at radius 3 is 2.73 bits per heavy atom. The van der Waals surface area contributed by atoms with Crippen LogP contribution in [0.4, 0.5) is 11.8 Å². The van der Waals surface area contributed by atoms with Gasteiger partial charge < -0.3 is 10.0 Å². The van der Waals surface area contributed by atoms with Crippen molar-refractivity contribution in [2.45, 2.75) is 46.0 Å². The number of carbonyl (C=O) groups excluding carboxylic acids is 1. The Morgan fingerprint density at radius 2 is 2.10 bits per heavy atom. The lowest BCUT2D eigenvalue weighted by Crippen LogP contribution is -2.33. The van der Waals surface area contributed by atoms with Gasteiger partial charge in [0.1, 0.15) is 26.4 Å². The van der Waals surface area contributed by atoms with Gasteiger partial charge in [0.2, 0.25) is 5.95 Å². The molecule has 0 saturated carbocycles. The van der Waals surface area contributed by atoms with E-state index in [2.05, 4.69) is 32.1 Å². The molecule has 8 nitrogen and oxygen atoms in total. The van der Waals surface area contributed by atoms with E-state index in [1.165, 1.54) is 0 Å². The summed E-state index contributed by atoms with van der Waals surface area (Å²) in [6.45, 7) is 7.53. The fourth-order valence-electron chi connectivity index (χ4n) is 3.98. The molecule has 4 heterocycles. The van der Waals surface area contributed by atoms with Gasteiger partial charge in [0.25, 0.3) is 5.91 Å². The number of nitrogens with one attached hydrogen (secondary N) is 1. The third kappa shape index (κ3) is 3.45. The standard InChI is InChI=1S/C20H22ClN5O3S/c1-4-6-26-8-9(3)12-13-16(26)23-20(25-18(13)30-14(12)19(28)29)24-17(27)11-7-10(5-2)15(21)22-11/h9H,4-8H2,1-3H3,(H,28,29)(H,23,24,25,27). The van der Waals surface area contributed by atoms with Crippen LogP contribution in [0.25, 0.3) is 10.2 Å². The number of halogens is 1. The molecule has 2 aliphatic heterocycles. The predicted octanol–water partition coefficient (Wildman–Crippen LogP) is 4.37. The van der Waals surface area contributed by atoms with Crippen LogP contribution in [0.5, 0.6) is 0 Å². The van der Waals surface area contributed by atoms with Crippen LogP contribution in [0, 0.1) is 0 Å². The molecule has 0 spiro atoms. The summed E-state index contributed by atoms with van der Waals surface area (Å²) in [5, 5.41) is 13.5. The smallest absolute Gasteiger partial charge is 0.346 e. The van der Waals surface area contributed by atoms with Crippen molar-refractivity contribution in [2.75, 3.05) is 23.3 Å². The number of anilines is 2. The van der Waals surface area contributed by atoms with Crippen LogP contribution in [0.3, 0.4) is 0 Å². The number of amides is 1. The number of hydrogen-bond donors (Lipinski definition) is 2. The number of carbonyl (C=O) groups is 2. The van der Waals surface area contributed by atoms with Gasteiger partial charge in [-0.2, -0.15) is 4.98 Å². The maximum absolute atomic E-state index is 12.7. The zero-order chi connectivity index (χ0) is 21.6. The van der Waals surface area contributed by atoms with Crippen LogP contribution in [-0.2, 0) is 4.79 Å². The SMILES string of the molecule is CCCN1CC(C)c2c(C(=O)O)sc3nc(NC(=O)C4=NC(Cl)=C(CC)C4)nc1c23. The summed E-state index contributed by atoms with van der Waals surface area (Å²) in [5.41, 5.74) is 2.03. The van der Waals surface area contributed by atoms with Gasteiger partial charge in [-0.25, -0.2) is 14.8 Å². The number of carboxylic acids is 1. The molecule has 158 valence electrons. The van der Waals surface area contributed by atoms with Crippen LogP contribution < -0.4 is 10.2 Å². The number of aromatic carboxylic acids is 1. The highest BCUT2D eigenvalue weighted by molar-refractivity contribution is 7.20. The molecule has 2 aromatic heterocycles. The molecule has 0 aromatic carbocycles. The highest BCUT2D eigenvalue weighted by Crippen LogP contribution is 2.44. The fraction of sp³-hybridized carbons (Fsp3) is 0.450. The second-order valence-electron chi connectivity index (χ2n) is 7.49. The van der Waals surface area contributed by atoms with Gasteiger partial charge in [0.15, 0.2) is 0 Å². The van der Waals surface area contributed by atoms with Crippen LogP contribution in [0.15, 0.2) is 15.7 Å². The van der Waals surface area contributed by atoms with Crippen LogP contribution in [0.2, 0.25) is 0 Å². The van der Waals surface area contributed by atoms with Crippen molar-refractivity contribution in [3.05, 3.63) is 21.2 Å². The summed E-state index contributed by atoms with van der Waals surface area (Å²) >= 11 is 7.22. The van der Waals surface area contributed by atoms with E-state index in [1.54, 1.807) is 0 Å². The molecular formula is C20H22ClN5O3S. The van der Waals surface area contributed by atoms with E-state index in [-0.39, 0.29) is 16.7 Å². The molecule has 0 aliphatic carbocycles. The first-order valence-corrected chi connectivity index (χ1v) is 11.1. The number of carboxylic acid groups (broad SMARTS) is 1. The summed E-state index contributed by atoms with van der Waals surface area (Å²) in [7, 11) is 0. The number of aliphatic imine (C=N–C) groups is 1. The molecule has 1 atom stereocenters. The molecule has 0 saturated heterocycles. The minimum atomic E-state index is -0.964. The van der Waals surface area contributed by atoms with Crippen LogP contribution in [-0.4, -0.2) is 45.8 Å². The molecule has 10 heteroatoms. The monoisotopic (exact) mass is 447 g/mol. The average molecular weight is 448 g/mol. The molecule has 30 heavy (non-hydrogen) atoms. The van der Waals surface area contributed by atoms with Gasteiger partial charge in [0.05, 0.1) is 5.39 Å². The van der Waals surface area contributed by atoms with E-state index in [1.807, 2.05) is 13.8 Å². The lowest BCUT2D eigenvalue weighted by molar-refractivity contribution is -0.110. The van der Waals surface area contributed by atoms with Crippen molar-refractivity contribution in [1.29, 1.82) is 0 Å². The molecule has 2 aliphatic rings. The number of rotatable bonds is 6. The molecule has 1 amide bonds. The fourth-order valence-corrected chi connectivity index (χ4v) is 5.41. The van der Waals surface area contributed by atoms with Gasteiger partial charge in [-0.05, 0) is 24.0 Å². The van der Waals surface area contributed by atoms with Crippen molar-refractivity contribution < 1.29 is 14.7 Å². The van der Waals surface area contributed by atoms with Gasteiger partial charge in [0, 0.05) is 25.4 Å². The summed E-state index contributed by atoms with van der Waals surface area (Å²) in [6.07, 6.45) is 2.06. The Kier molecular flexibility index (Phi) is 5.50. The average Bonchev–Trinajstić information content (AvgIpc) is 3.27. The Labute approximate surface area is 182 Å². The molecule has 1 unspecified atom stereocenters. The topological polar surface area (TPSA) is 108 Å². The Morgan fingerprint density at radius 1 is 1.33 bits per heavy atom. The van der Waals surface area contributed by atoms with E-state index < -0.39 is 11.9 Å². The quantitative estimate of drug-likeness (QED) is 0.636. The van der Waals surface area contributed by atoms with Gasteiger partial charge in [-0.15, -0.1) is 11.3 Å². The zero-order valence-electron chi connectivity index (χ0n) is 17.0. The second kappa shape index (κ2) is 7.96. The summed E-state index contributed by atoms with van der Waals surface area (Å²) in [6, 6.07) is 0. The molecule has 0 bridgehead atoms.